The maximum absolute atomic E-state index is 5.76. The molecule has 0 amide bonds. The molecule has 2 aliphatic rings. The van der Waals surface area contributed by atoms with Gasteiger partial charge in [-0.1, -0.05) is 18.2 Å². The topological polar surface area (TPSA) is 41.3 Å². The lowest BCUT2D eigenvalue weighted by Crippen LogP contribution is -2.33. The SMILES string of the molecule is CC1CCc2ccccc2N1c1nc(CNC2CC2)co1. The van der Waals surface area contributed by atoms with Crippen molar-refractivity contribution < 1.29 is 4.42 Å². The van der Waals surface area contributed by atoms with Crippen LogP contribution in [0.4, 0.5) is 11.7 Å². The summed E-state index contributed by atoms with van der Waals surface area (Å²) in [5.41, 5.74) is 3.61. The van der Waals surface area contributed by atoms with E-state index in [9.17, 15) is 0 Å². The van der Waals surface area contributed by atoms with Gasteiger partial charge in [0, 0.05) is 24.3 Å². The van der Waals surface area contributed by atoms with E-state index in [1.165, 1.54) is 24.1 Å². The molecule has 1 fully saturated rings. The molecule has 4 rings (SSSR count). The number of aromatic nitrogens is 1. The Kier molecular flexibility index (Phi) is 3.19. The van der Waals surface area contributed by atoms with Crippen LogP contribution in [0.15, 0.2) is 34.9 Å². The number of para-hydroxylation sites is 1. The first-order valence-electron chi connectivity index (χ1n) is 7.86. The summed E-state index contributed by atoms with van der Waals surface area (Å²) in [5, 5.41) is 3.48. The minimum absolute atomic E-state index is 0.419. The summed E-state index contributed by atoms with van der Waals surface area (Å²) >= 11 is 0. The third-order valence-electron chi connectivity index (χ3n) is 4.42. The molecule has 4 nitrogen and oxygen atoms in total. The molecule has 110 valence electrons. The summed E-state index contributed by atoms with van der Waals surface area (Å²) in [5.74, 6) is 0. The molecule has 0 saturated heterocycles. The van der Waals surface area contributed by atoms with Gasteiger partial charge in [-0.3, -0.25) is 4.90 Å². The van der Waals surface area contributed by atoms with Gasteiger partial charge in [0.2, 0.25) is 0 Å². The van der Waals surface area contributed by atoms with Crippen molar-refractivity contribution in [3.8, 4) is 0 Å². The third kappa shape index (κ3) is 2.56. The van der Waals surface area contributed by atoms with Crippen molar-refractivity contribution in [3.63, 3.8) is 0 Å². The smallest absolute Gasteiger partial charge is 0.302 e. The highest BCUT2D eigenvalue weighted by atomic mass is 16.4. The summed E-state index contributed by atoms with van der Waals surface area (Å²) in [6.07, 6.45) is 6.64. The van der Waals surface area contributed by atoms with Crippen molar-refractivity contribution in [1.82, 2.24) is 10.3 Å². The molecule has 1 unspecified atom stereocenters. The van der Waals surface area contributed by atoms with Gasteiger partial charge in [0.15, 0.2) is 0 Å². The van der Waals surface area contributed by atoms with Crippen molar-refractivity contribution in [2.75, 3.05) is 4.90 Å². The summed E-state index contributed by atoms with van der Waals surface area (Å²) in [6, 6.07) is 10.4. The lowest BCUT2D eigenvalue weighted by Gasteiger charge is -2.33. The molecule has 1 N–H and O–H groups in total. The largest absolute Gasteiger partial charge is 0.431 e. The van der Waals surface area contributed by atoms with E-state index in [1.54, 1.807) is 6.26 Å². The van der Waals surface area contributed by atoms with Crippen LogP contribution in [0.2, 0.25) is 0 Å². The first-order valence-corrected chi connectivity index (χ1v) is 7.86. The third-order valence-corrected chi connectivity index (χ3v) is 4.42. The Bertz CT molecular complexity index is 632. The van der Waals surface area contributed by atoms with E-state index in [-0.39, 0.29) is 0 Å². The molecule has 21 heavy (non-hydrogen) atoms. The highest BCUT2D eigenvalue weighted by molar-refractivity contribution is 5.63. The van der Waals surface area contributed by atoms with Crippen molar-refractivity contribution in [3.05, 3.63) is 41.8 Å². The zero-order valence-electron chi connectivity index (χ0n) is 12.4. The van der Waals surface area contributed by atoms with Crippen LogP contribution in [-0.2, 0) is 13.0 Å². The first kappa shape index (κ1) is 12.9. The molecule has 1 aliphatic carbocycles. The molecule has 0 spiro atoms. The summed E-state index contributed by atoms with van der Waals surface area (Å²) in [7, 11) is 0. The fourth-order valence-electron chi connectivity index (χ4n) is 3.00. The number of hydrogen-bond acceptors (Lipinski definition) is 4. The normalized spacial score (nSPS) is 21.4. The number of anilines is 2. The second-order valence-electron chi connectivity index (χ2n) is 6.16. The fraction of sp³-hybridized carbons (Fsp3) is 0.471. The molecule has 1 aromatic heterocycles. The molecular weight excluding hydrogens is 262 g/mol. The van der Waals surface area contributed by atoms with Gasteiger partial charge >= 0.3 is 6.01 Å². The number of oxazole rings is 1. The van der Waals surface area contributed by atoms with Gasteiger partial charge in [0.25, 0.3) is 0 Å². The maximum atomic E-state index is 5.76. The second kappa shape index (κ2) is 5.19. The van der Waals surface area contributed by atoms with Crippen LogP contribution in [0.5, 0.6) is 0 Å². The van der Waals surface area contributed by atoms with E-state index in [2.05, 4.69) is 46.4 Å². The molecule has 1 atom stereocenters. The maximum Gasteiger partial charge on any atom is 0.302 e. The Labute approximate surface area is 125 Å². The average Bonchev–Trinajstić information content (AvgIpc) is 3.23. The zero-order valence-corrected chi connectivity index (χ0v) is 12.4. The number of rotatable bonds is 4. The molecule has 0 radical (unpaired) electrons. The van der Waals surface area contributed by atoms with Gasteiger partial charge in [0.05, 0.1) is 5.69 Å². The van der Waals surface area contributed by atoms with Crippen LogP contribution in [0.1, 0.15) is 37.4 Å². The van der Waals surface area contributed by atoms with Crippen LogP contribution >= 0.6 is 0 Å². The minimum atomic E-state index is 0.419. The number of nitrogens with one attached hydrogen (secondary N) is 1. The van der Waals surface area contributed by atoms with Crippen molar-refractivity contribution in [2.45, 2.75) is 51.2 Å². The van der Waals surface area contributed by atoms with Gasteiger partial charge in [0.1, 0.15) is 6.26 Å². The average molecular weight is 283 g/mol. The molecular formula is C17H21N3O. The second-order valence-corrected chi connectivity index (χ2v) is 6.16. The Morgan fingerprint density at radius 1 is 1.29 bits per heavy atom. The van der Waals surface area contributed by atoms with E-state index in [0.29, 0.717) is 12.1 Å². The van der Waals surface area contributed by atoms with Gasteiger partial charge in [-0.2, -0.15) is 4.98 Å². The molecule has 0 bridgehead atoms. The van der Waals surface area contributed by atoms with Crippen molar-refractivity contribution in [2.24, 2.45) is 0 Å². The van der Waals surface area contributed by atoms with Crippen LogP contribution < -0.4 is 10.2 Å². The Balaban J connectivity index is 1.59. The Morgan fingerprint density at radius 3 is 3.00 bits per heavy atom. The lowest BCUT2D eigenvalue weighted by atomic mass is 9.97. The van der Waals surface area contributed by atoms with Crippen LogP contribution in [0, 0.1) is 0 Å². The highest BCUT2D eigenvalue weighted by Gasteiger charge is 2.27. The Morgan fingerprint density at radius 2 is 2.14 bits per heavy atom. The number of fused-ring (bicyclic) bond motifs is 1. The van der Waals surface area contributed by atoms with E-state index in [4.69, 9.17) is 4.42 Å². The van der Waals surface area contributed by atoms with Crippen LogP contribution in [-0.4, -0.2) is 17.1 Å². The molecule has 1 aliphatic heterocycles. The lowest BCUT2D eigenvalue weighted by molar-refractivity contribution is 0.510. The predicted octanol–water partition coefficient (Wildman–Crippen LogP) is 3.40. The summed E-state index contributed by atoms with van der Waals surface area (Å²) in [6.45, 7) is 3.04. The summed E-state index contributed by atoms with van der Waals surface area (Å²) < 4.78 is 5.76. The van der Waals surface area contributed by atoms with E-state index < -0.39 is 0 Å². The van der Waals surface area contributed by atoms with E-state index in [1.807, 2.05) is 0 Å². The molecule has 4 heteroatoms. The highest BCUT2D eigenvalue weighted by Crippen LogP contribution is 2.36. The zero-order chi connectivity index (χ0) is 14.2. The summed E-state index contributed by atoms with van der Waals surface area (Å²) in [4.78, 5) is 6.92. The number of aryl methyl sites for hydroxylation is 1. The van der Waals surface area contributed by atoms with Crippen molar-refractivity contribution >= 4 is 11.7 Å². The monoisotopic (exact) mass is 283 g/mol. The minimum Gasteiger partial charge on any atom is -0.431 e. The molecule has 2 heterocycles. The predicted molar refractivity (Wildman–Crippen MR) is 82.7 cm³/mol. The standard InChI is InChI=1S/C17H21N3O/c1-12-6-7-13-4-2-3-5-16(13)20(12)17-19-15(11-21-17)10-18-14-8-9-14/h2-5,11-12,14,18H,6-10H2,1H3. The number of benzene rings is 1. The van der Waals surface area contributed by atoms with Gasteiger partial charge < -0.3 is 9.73 Å². The van der Waals surface area contributed by atoms with E-state index in [0.717, 1.165) is 31.1 Å². The Hall–Kier alpha value is -1.81. The van der Waals surface area contributed by atoms with Crippen LogP contribution in [0.25, 0.3) is 0 Å². The molecule has 1 saturated carbocycles. The van der Waals surface area contributed by atoms with E-state index >= 15 is 0 Å². The first-order chi connectivity index (χ1) is 10.3. The number of hydrogen-bond donors (Lipinski definition) is 1. The van der Waals surface area contributed by atoms with Gasteiger partial charge in [-0.25, -0.2) is 0 Å². The quantitative estimate of drug-likeness (QED) is 0.933. The number of nitrogens with zero attached hydrogens (tertiary/aromatic N) is 2. The fourth-order valence-corrected chi connectivity index (χ4v) is 3.00. The molecule has 1 aromatic carbocycles. The van der Waals surface area contributed by atoms with Gasteiger partial charge in [-0.15, -0.1) is 0 Å². The molecule has 2 aromatic rings. The van der Waals surface area contributed by atoms with Gasteiger partial charge in [-0.05, 0) is 44.2 Å². The van der Waals surface area contributed by atoms with Crippen LogP contribution in [0.3, 0.4) is 0 Å². The van der Waals surface area contributed by atoms with Crippen molar-refractivity contribution in [1.29, 1.82) is 0 Å².